The molecule has 128 valence electrons. The second-order valence-electron chi connectivity index (χ2n) is 9.27. The van der Waals surface area contributed by atoms with E-state index in [1.165, 1.54) is 31.3 Å². The van der Waals surface area contributed by atoms with E-state index in [4.69, 9.17) is 0 Å². The summed E-state index contributed by atoms with van der Waals surface area (Å²) in [5, 5.41) is 11.1. The summed E-state index contributed by atoms with van der Waals surface area (Å²) in [6.07, 6.45) is 10.6. The number of carbonyl (C=O) groups excluding carboxylic acids is 1. The predicted molar refractivity (Wildman–Crippen MR) is 91.9 cm³/mol. The lowest BCUT2D eigenvalue weighted by molar-refractivity contribution is -0.135. The second kappa shape index (κ2) is 5.18. The molecule has 7 atom stereocenters. The maximum absolute atomic E-state index is 11.9. The molecule has 3 fully saturated rings. The SMILES string of the molecule is CC[C@H]1CC[C@H]2[C@@H]3CCC4=CC(=O)CC[C@]4(C)[C@H]3CC(O)[C@]12C. The molecule has 0 bridgehead atoms. The lowest BCUT2D eigenvalue weighted by atomic mass is 9.46. The summed E-state index contributed by atoms with van der Waals surface area (Å²) >= 11 is 0. The lowest BCUT2D eigenvalue weighted by Crippen LogP contribution is -2.56. The van der Waals surface area contributed by atoms with E-state index in [0.29, 0.717) is 30.0 Å². The minimum absolute atomic E-state index is 0.137. The Morgan fingerprint density at radius 1 is 1.17 bits per heavy atom. The van der Waals surface area contributed by atoms with Crippen LogP contribution in [-0.2, 0) is 4.79 Å². The molecular formula is C21H32O2. The molecule has 0 aromatic carbocycles. The largest absolute Gasteiger partial charge is 0.393 e. The van der Waals surface area contributed by atoms with Gasteiger partial charge in [0, 0.05) is 6.42 Å². The van der Waals surface area contributed by atoms with Gasteiger partial charge in [0.1, 0.15) is 0 Å². The molecule has 2 nitrogen and oxygen atoms in total. The summed E-state index contributed by atoms with van der Waals surface area (Å²) in [5.74, 6) is 3.05. The molecule has 0 aliphatic heterocycles. The highest BCUT2D eigenvalue weighted by atomic mass is 16.3. The third kappa shape index (κ3) is 2.00. The number of hydrogen-bond acceptors (Lipinski definition) is 2. The molecule has 4 rings (SSSR count). The van der Waals surface area contributed by atoms with Gasteiger partial charge in [-0.25, -0.2) is 0 Å². The third-order valence-corrected chi connectivity index (χ3v) is 8.75. The second-order valence-corrected chi connectivity index (χ2v) is 9.27. The Hall–Kier alpha value is -0.630. The first kappa shape index (κ1) is 15.9. The van der Waals surface area contributed by atoms with Gasteiger partial charge < -0.3 is 5.11 Å². The summed E-state index contributed by atoms with van der Waals surface area (Å²) in [5.41, 5.74) is 1.71. The molecule has 0 saturated heterocycles. The number of aliphatic hydroxyl groups is 1. The summed E-state index contributed by atoms with van der Waals surface area (Å²) in [6, 6.07) is 0. The molecule has 0 aromatic rings. The predicted octanol–water partition coefficient (Wildman–Crippen LogP) is 4.52. The van der Waals surface area contributed by atoms with Gasteiger partial charge in [-0.05, 0) is 79.1 Å². The van der Waals surface area contributed by atoms with Gasteiger partial charge in [-0.3, -0.25) is 4.79 Å². The fourth-order valence-electron chi connectivity index (χ4n) is 7.31. The van der Waals surface area contributed by atoms with E-state index in [2.05, 4.69) is 20.8 Å². The Labute approximate surface area is 140 Å². The molecular weight excluding hydrogens is 284 g/mol. The monoisotopic (exact) mass is 316 g/mol. The molecule has 2 heteroatoms. The number of hydrogen-bond donors (Lipinski definition) is 1. The highest BCUT2D eigenvalue weighted by Gasteiger charge is 2.61. The number of fused-ring (bicyclic) bond motifs is 5. The Balaban J connectivity index is 1.71. The van der Waals surface area contributed by atoms with Crippen molar-refractivity contribution in [3.05, 3.63) is 11.6 Å². The number of ketones is 1. The molecule has 4 aliphatic rings. The van der Waals surface area contributed by atoms with Crippen LogP contribution in [-0.4, -0.2) is 17.0 Å². The Kier molecular flexibility index (Phi) is 3.58. The van der Waals surface area contributed by atoms with Crippen LogP contribution in [0.5, 0.6) is 0 Å². The van der Waals surface area contributed by atoms with Crippen LogP contribution in [0.1, 0.15) is 72.1 Å². The molecule has 1 N–H and O–H groups in total. The standard InChI is InChI=1S/C21H32O2/c1-4-13-6-8-17-16-7-5-14-11-15(22)9-10-20(14,2)18(16)12-19(23)21(13,17)3/h11,13,16-19,23H,4-10,12H2,1-3H3/t13-,16-,17-,18-,19?,20-,21+/m0/s1. The molecule has 0 amide bonds. The van der Waals surface area contributed by atoms with Crippen LogP contribution in [0.4, 0.5) is 0 Å². The molecule has 3 saturated carbocycles. The van der Waals surface area contributed by atoms with Crippen LogP contribution >= 0.6 is 0 Å². The minimum atomic E-state index is -0.157. The van der Waals surface area contributed by atoms with Crippen LogP contribution in [0.3, 0.4) is 0 Å². The Morgan fingerprint density at radius 2 is 1.96 bits per heavy atom. The smallest absolute Gasteiger partial charge is 0.155 e. The van der Waals surface area contributed by atoms with Gasteiger partial charge in [0.25, 0.3) is 0 Å². The van der Waals surface area contributed by atoms with Gasteiger partial charge in [-0.2, -0.15) is 0 Å². The summed E-state index contributed by atoms with van der Waals surface area (Å²) in [4.78, 5) is 11.9. The van der Waals surface area contributed by atoms with Gasteiger partial charge in [0.2, 0.25) is 0 Å². The summed E-state index contributed by atoms with van der Waals surface area (Å²) in [7, 11) is 0. The quantitative estimate of drug-likeness (QED) is 0.772. The van der Waals surface area contributed by atoms with E-state index in [9.17, 15) is 9.90 Å². The maximum atomic E-state index is 11.9. The molecule has 23 heavy (non-hydrogen) atoms. The minimum Gasteiger partial charge on any atom is -0.393 e. The van der Waals surface area contributed by atoms with Crippen molar-refractivity contribution < 1.29 is 9.90 Å². The Bertz CT molecular complexity index is 550. The zero-order valence-electron chi connectivity index (χ0n) is 15.0. The number of aliphatic hydroxyl groups excluding tert-OH is 1. The van der Waals surface area contributed by atoms with E-state index in [-0.39, 0.29) is 16.9 Å². The van der Waals surface area contributed by atoms with Crippen LogP contribution < -0.4 is 0 Å². The average Bonchev–Trinajstić information content (AvgIpc) is 2.87. The van der Waals surface area contributed by atoms with Crippen LogP contribution in [0, 0.1) is 34.5 Å². The van der Waals surface area contributed by atoms with E-state index < -0.39 is 0 Å². The van der Waals surface area contributed by atoms with Crippen molar-refractivity contribution in [3.63, 3.8) is 0 Å². The molecule has 0 heterocycles. The molecule has 1 unspecified atom stereocenters. The van der Waals surface area contributed by atoms with Crippen molar-refractivity contribution in [2.75, 3.05) is 0 Å². The zero-order valence-corrected chi connectivity index (χ0v) is 15.0. The topological polar surface area (TPSA) is 37.3 Å². The maximum Gasteiger partial charge on any atom is 0.155 e. The highest BCUT2D eigenvalue weighted by Crippen LogP contribution is 2.66. The zero-order chi connectivity index (χ0) is 16.4. The van der Waals surface area contributed by atoms with Crippen molar-refractivity contribution in [3.8, 4) is 0 Å². The molecule has 0 aromatic heterocycles. The first-order valence-corrected chi connectivity index (χ1v) is 9.83. The van der Waals surface area contributed by atoms with E-state index in [1.807, 2.05) is 6.08 Å². The first-order chi connectivity index (χ1) is 10.9. The van der Waals surface area contributed by atoms with E-state index in [1.54, 1.807) is 0 Å². The summed E-state index contributed by atoms with van der Waals surface area (Å²) in [6.45, 7) is 7.08. The van der Waals surface area contributed by atoms with Crippen molar-refractivity contribution in [1.82, 2.24) is 0 Å². The van der Waals surface area contributed by atoms with Crippen LogP contribution in [0.2, 0.25) is 0 Å². The van der Waals surface area contributed by atoms with E-state index >= 15 is 0 Å². The fraction of sp³-hybridized carbons (Fsp3) is 0.857. The van der Waals surface area contributed by atoms with Gasteiger partial charge in [0.05, 0.1) is 6.10 Å². The van der Waals surface area contributed by atoms with Gasteiger partial charge in [0.15, 0.2) is 5.78 Å². The van der Waals surface area contributed by atoms with Crippen LogP contribution in [0.15, 0.2) is 11.6 Å². The van der Waals surface area contributed by atoms with E-state index in [0.717, 1.165) is 25.2 Å². The first-order valence-electron chi connectivity index (χ1n) is 9.83. The Morgan fingerprint density at radius 3 is 2.70 bits per heavy atom. The third-order valence-electron chi connectivity index (χ3n) is 8.75. The van der Waals surface area contributed by atoms with Crippen molar-refractivity contribution in [1.29, 1.82) is 0 Å². The van der Waals surface area contributed by atoms with Gasteiger partial charge in [-0.15, -0.1) is 0 Å². The molecule has 0 spiro atoms. The number of carbonyl (C=O) groups is 1. The highest BCUT2D eigenvalue weighted by molar-refractivity contribution is 5.91. The number of allylic oxidation sites excluding steroid dienone is 1. The molecule has 4 aliphatic carbocycles. The molecule has 0 radical (unpaired) electrons. The van der Waals surface area contributed by atoms with Crippen molar-refractivity contribution >= 4 is 5.78 Å². The average molecular weight is 316 g/mol. The lowest BCUT2D eigenvalue weighted by Gasteiger charge is -2.59. The fourth-order valence-corrected chi connectivity index (χ4v) is 7.31. The van der Waals surface area contributed by atoms with Crippen molar-refractivity contribution in [2.24, 2.45) is 34.5 Å². The van der Waals surface area contributed by atoms with Crippen LogP contribution in [0.25, 0.3) is 0 Å². The number of rotatable bonds is 1. The van der Waals surface area contributed by atoms with Gasteiger partial charge >= 0.3 is 0 Å². The summed E-state index contributed by atoms with van der Waals surface area (Å²) < 4.78 is 0. The normalized spacial score (nSPS) is 52.4. The van der Waals surface area contributed by atoms with Crippen molar-refractivity contribution in [2.45, 2.75) is 78.2 Å². The van der Waals surface area contributed by atoms with Gasteiger partial charge in [-0.1, -0.05) is 32.8 Å².